The highest BCUT2D eigenvalue weighted by Gasteiger charge is 2.33. The van der Waals surface area contributed by atoms with E-state index in [0.717, 1.165) is 16.0 Å². The molecule has 0 saturated carbocycles. The lowest BCUT2D eigenvalue weighted by Crippen LogP contribution is -2.30. The van der Waals surface area contributed by atoms with Gasteiger partial charge in [-0.2, -0.15) is 0 Å². The number of rotatable bonds is 5. The number of nitrogens with one attached hydrogen (secondary N) is 2. The van der Waals surface area contributed by atoms with Gasteiger partial charge in [-0.25, -0.2) is 4.79 Å². The molecule has 3 aromatic carbocycles. The number of hydrogen-bond acceptors (Lipinski definition) is 3. The highest BCUT2D eigenvalue weighted by molar-refractivity contribution is 6.30. The van der Waals surface area contributed by atoms with Gasteiger partial charge in [-0.15, -0.1) is 0 Å². The third-order valence-electron chi connectivity index (χ3n) is 4.73. The molecule has 3 aromatic rings. The van der Waals surface area contributed by atoms with Crippen molar-refractivity contribution in [1.29, 1.82) is 0 Å². The topological polar surface area (TPSA) is 78.5 Å². The fraction of sp³-hybridized carbons (Fsp3) is 0.0417. The van der Waals surface area contributed by atoms with Gasteiger partial charge in [-0.3, -0.25) is 14.5 Å². The van der Waals surface area contributed by atoms with E-state index >= 15 is 0 Å². The van der Waals surface area contributed by atoms with E-state index in [-0.39, 0.29) is 18.1 Å². The van der Waals surface area contributed by atoms with E-state index in [1.807, 2.05) is 30.3 Å². The van der Waals surface area contributed by atoms with E-state index in [1.165, 1.54) is 0 Å². The molecule has 7 heteroatoms. The van der Waals surface area contributed by atoms with Gasteiger partial charge in [0.15, 0.2) is 0 Å². The summed E-state index contributed by atoms with van der Waals surface area (Å²) in [6.07, 6.45) is 1.64. The lowest BCUT2D eigenvalue weighted by molar-refractivity contribution is -0.123. The molecule has 1 aliphatic rings. The predicted molar refractivity (Wildman–Crippen MR) is 119 cm³/mol. The first kappa shape index (κ1) is 20.4. The van der Waals surface area contributed by atoms with E-state index in [2.05, 4.69) is 10.6 Å². The number of halogens is 1. The van der Waals surface area contributed by atoms with Crippen LogP contribution in [-0.4, -0.2) is 22.7 Å². The highest BCUT2D eigenvalue weighted by atomic mass is 35.5. The van der Waals surface area contributed by atoms with E-state index < -0.39 is 11.9 Å². The van der Waals surface area contributed by atoms with Gasteiger partial charge in [0.05, 0.1) is 6.54 Å². The van der Waals surface area contributed by atoms with Crippen LogP contribution in [-0.2, 0) is 11.3 Å². The van der Waals surface area contributed by atoms with Gasteiger partial charge in [0, 0.05) is 16.3 Å². The average Bonchev–Trinajstić information content (AvgIpc) is 3.04. The number of carbonyl (C=O) groups excluding carboxylic acids is 3. The molecule has 4 amide bonds. The number of amides is 4. The van der Waals surface area contributed by atoms with Crippen molar-refractivity contribution >= 4 is 41.2 Å². The number of hydrogen-bond donors (Lipinski definition) is 2. The minimum atomic E-state index is -0.475. The Kier molecular flexibility index (Phi) is 5.82. The van der Waals surface area contributed by atoms with Crippen molar-refractivity contribution < 1.29 is 14.4 Å². The van der Waals surface area contributed by atoms with Crippen LogP contribution in [0.15, 0.2) is 84.6 Å². The molecular formula is C24H18ClN3O3. The summed E-state index contributed by atoms with van der Waals surface area (Å²) in [6.45, 7) is 0.107. The first-order valence-corrected chi connectivity index (χ1v) is 9.93. The Labute approximate surface area is 184 Å². The molecule has 0 radical (unpaired) electrons. The van der Waals surface area contributed by atoms with Crippen molar-refractivity contribution in [2.24, 2.45) is 0 Å². The molecular weight excluding hydrogens is 414 g/mol. The fourth-order valence-corrected chi connectivity index (χ4v) is 3.24. The first-order valence-electron chi connectivity index (χ1n) is 9.55. The Hall–Kier alpha value is -3.90. The van der Waals surface area contributed by atoms with Crippen LogP contribution in [0.4, 0.5) is 10.5 Å². The van der Waals surface area contributed by atoms with Crippen molar-refractivity contribution in [3.05, 3.63) is 106 Å². The molecule has 6 nitrogen and oxygen atoms in total. The standard InChI is InChI=1S/C24H18ClN3O3/c25-19-10-12-20(13-11-19)26-22(29)18-8-6-17(7-9-18)15-28-23(30)21(27-24(28)31)14-16-4-2-1-3-5-16/h1-14H,15H2,(H,26,29)(H,27,31)/b21-14-. The van der Waals surface area contributed by atoms with E-state index in [1.54, 1.807) is 54.6 Å². The van der Waals surface area contributed by atoms with Crippen LogP contribution in [0.3, 0.4) is 0 Å². The Bertz CT molecular complexity index is 1160. The van der Waals surface area contributed by atoms with Crippen molar-refractivity contribution in [2.75, 3.05) is 5.32 Å². The summed E-state index contributed by atoms with van der Waals surface area (Å²) in [4.78, 5) is 38.4. The van der Waals surface area contributed by atoms with Crippen LogP contribution in [0.2, 0.25) is 5.02 Å². The molecule has 154 valence electrons. The fourth-order valence-electron chi connectivity index (χ4n) is 3.11. The Morgan fingerprint density at radius 1 is 0.935 bits per heavy atom. The lowest BCUT2D eigenvalue weighted by Gasteiger charge is -2.12. The second-order valence-corrected chi connectivity index (χ2v) is 7.38. The summed E-state index contributed by atoms with van der Waals surface area (Å²) in [7, 11) is 0. The van der Waals surface area contributed by atoms with Gasteiger partial charge in [0.25, 0.3) is 11.8 Å². The van der Waals surface area contributed by atoms with Gasteiger partial charge in [0.1, 0.15) is 5.70 Å². The predicted octanol–water partition coefficient (Wildman–Crippen LogP) is 4.69. The van der Waals surface area contributed by atoms with Gasteiger partial charge in [0.2, 0.25) is 0 Å². The zero-order chi connectivity index (χ0) is 21.8. The highest BCUT2D eigenvalue weighted by Crippen LogP contribution is 2.18. The van der Waals surface area contributed by atoms with Crippen LogP contribution in [0.5, 0.6) is 0 Å². The minimum Gasteiger partial charge on any atom is -0.322 e. The smallest absolute Gasteiger partial charge is 0.322 e. The van der Waals surface area contributed by atoms with Gasteiger partial charge >= 0.3 is 6.03 Å². The quantitative estimate of drug-likeness (QED) is 0.454. The molecule has 4 rings (SSSR count). The van der Waals surface area contributed by atoms with E-state index in [9.17, 15) is 14.4 Å². The molecule has 0 spiro atoms. The van der Waals surface area contributed by atoms with Gasteiger partial charge < -0.3 is 10.6 Å². The maximum atomic E-state index is 12.6. The molecule has 31 heavy (non-hydrogen) atoms. The Morgan fingerprint density at radius 2 is 1.61 bits per heavy atom. The summed E-state index contributed by atoms with van der Waals surface area (Å²) < 4.78 is 0. The van der Waals surface area contributed by atoms with E-state index in [4.69, 9.17) is 11.6 Å². The van der Waals surface area contributed by atoms with Crippen LogP contribution >= 0.6 is 11.6 Å². The van der Waals surface area contributed by atoms with Crippen LogP contribution in [0.1, 0.15) is 21.5 Å². The van der Waals surface area contributed by atoms with E-state index in [0.29, 0.717) is 16.3 Å². The summed E-state index contributed by atoms with van der Waals surface area (Å²) >= 11 is 5.85. The molecule has 0 unspecified atom stereocenters. The first-order chi connectivity index (χ1) is 15.0. The third-order valence-corrected chi connectivity index (χ3v) is 4.98. The summed E-state index contributed by atoms with van der Waals surface area (Å²) in [5, 5.41) is 5.98. The number of urea groups is 1. The Balaban J connectivity index is 1.42. The largest absolute Gasteiger partial charge is 0.329 e. The number of anilines is 1. The van der Waals surface area contributed by atoms with Crippen molar-refractivity contribution in [3.8, 4) is 0 Å². The lowest BCUT2D eigenvalue weighted by atomic mass is 10.1. The number of imide groups is 1. The molecule has 1 aliphatic heterocycles. The summed E-state index contributed by atoms with van der Waals surface area (Å²) in [5.74, 6) is -0.657. The minimum absolute atomic E-state index is 0.107. The normalized spacial score (nSPS) is 14.6. The second kappa shape index (κ2) is 8.85. The molecule has 0 aliphatic carbocycles. The maximum absolute atomic E-state index is 12.6. The molecule has 2 N–H and O–H groups in total. The zero-order valence-electron chi connectivity index (χ0n) is 16.3. The summed E-state index contributed by atoms with van der Waals surface area (Å²) in [6, 6.07) is 22.4. The third kappa shape index (κ3) is 4.82. The SMILES string of the molecule is O=C(Nc1ccc(Cl)cc1)c1ccc(CN2C(=O)N/C(=C\c3ccccc3)C2=O)cc1. The molecule has 1 heterocycles. The molecule has 1 saturated heterocycles. The van der Waals surface area contributed by atoms with Crippen molar-refractivity contribution in [2.45, 2.75) is 6.54 Å². The van der Waals surface area contributed by atoms with Crippen molar-refractivity contribution in [3.63, 3.8) is 0 Å². The van der Waals surface area contributed by atoms with Crippen LogP contribution in [0, 0.1) is 0 Å². The van der Waals surface area contributed by atoms with Crippen LogP contribution in [0.25, 0.3) is 6.08 Å². The molecule has 0 atom stereocenters. The van der Waals surface area contributed by atoms with Gasteiger partial charge in [-0.1, -0.05) is 54.1 Å². The zero-order valence-corrected chi connectivity index (χ0v) is 17.1. The molecule has 0 aromatic heterocycles. The van der Waals surface area contributed by atoms with Crippen molar-refractivity contribution in [1.82, 2.24) is 10.2 Å². The second-order valence-electron chi connectivity index (χ2n) is 6.95. The summed E-state index contributed by atoms with van der Waals surface area (Å²) in [5.41, 5.74) is 2.88. The monoisotopic (exact) mass is 431 g/mol. The average molecular weight is 432 g/mol. The number of benzene rings is 3. The van der Waals surface area contributed by atoms with Crippen LogP contribution < -0.4 is 10.6 Å². The number of carbonyl (C=O) groups is 3. The molecule has 0 bridgehead atoms. The molecule has 1 fully saturated rings. The van der Waals surface area contributed by atoms with Gasteiger partial charge in [-0.05, 0) is 53.6 Å². The maximum Gasteiger partial charge on any atom is 0.329 e. The number of nitrogens with zero attached hydrogens (tertiary/aromatic N) is 1. The Morgan fingerprint density at radius 3 is 2.29 bits per heavy atom.